The van der Waals surface area contributed by atoms with Gasteiger partial charge in [-0.15, -0.1) is 0 Å². The van der Waals surface area contributed by atoms with Gasteiger partial charge in [-0.2, -0.15) is 0 Å². The summed E-state index contributed by atoms with van der Waals surface area (Å²) in [5.41, 5.74) is 0.755. The van der Waals surface area contributed by atoms with Gasteiger partial charge in [0.15, 0.2) is 5.60 Å². The standard InChI is InChI=1S/C17H15BrN2O3/c1-17(2)16(22)20-13-9-12(6-7-14(13)23-17)19-15(21)10-4-3-5-11(18)8-10/h3-9H,1-2H3,(H,19,21)(H,20,22). The van der Waals surface area contributed by atoms with Crippen molar-refractivity contribution in [3.63, 3.8) is 0 Å². The molecule has 0 bridgehead atoms. The summed E-state index contributed by atoms with van der Waals surface area (Å²) in [7, 11) is 0. The molecule has 0 saturated carbocycles. The number of benzene rings is 2. The second-order valence-electron chi connectivity index (χ2n) is 5.74. The Morgan fingerprint density at radius 2 is 2.00 bits per heavy atom. The van der Waals surface area contributed by atoms with E-state index < -0.39 is 5.60 Å². The highest BCUT2D eigenvalue weighted by atomic mass is 79.9. The lowest BCUT2D eigenvalue weighted by molar-refractivity contribution is -0.129. The third-order valence-corrected chi connectivity index (χ3v) is 3.98. The minimum atomic E-state index is -0.909. The smallest absolute Gasteiger partial charge is 0.268 e. The first kappa shape index (κ1) is 15.6. The van der Waals surface area contributed by atoms with E-state index in [0.29, 0.717) is 22.7 Å². The number of carbonyl (C=O) groups is 2. The van der Waals surface area contributed by atoms with Crippen molar-refractivity contribution in [1.29, 1.82) is 0 Å². The fraction of sp³-hybridized carbons (Fsp3) is 0.176. The molecule has 5 nitrogen and oxygen atoms in total. The van der Waals surface area contributed by atoms with E-state index >= 15 is 0 Å². The summed E-state index contributed by atoms with van der Waals surface area (Å²) < 4.78 is 6.49. The van der Waals surface area contributed by atoms with Gasteiger partial charge in [0.2, 0.25) is 0 Å². The van der Waals surface area contributed by atoms with Crippen molar-refractivity contribution >= 4 is 39.1 Å². The van der Waals surface area contributed by atoms with Crippen LogP contribution in [0, 0.1) is 0 Å². The molecule has 0 saturated heterocycles. The SMILES string of the molecule is CC1(C)Oc2ccc(NC(=O)c3cccc(Br)c3)cc2NC1=O. The molecule has 0 unspecified atom stereocenters. The molecule has 0 spiro atoms. The Morgan fingerprint density at radius 3 is 2.74 bits per heavy atom. The van der Waals surface area contributed by atoms with Gasteiger partial charge >= 0.3 is 0 Å². The van der Waals surface area contributed by atoms with Crippen molar-refractivity contribution in [2.75, 3.05) is 10.6 Å². The first-order chi connectivity index (χ1) is 10.8. The maximum atomic E-state index is 12.3. The summed E-state index contributed by atoms with van der Waals surface area (Å²) in [5, 5.41) is 5.59. The lowest BCUT2D eigenvalue weighted by Gasteiger charge is -2.31. The highest BCUT2D eigenvalue weighted by Crippen LogP contribution is 2.35. The molecule has 3 rings (SSSR count). The van der Waals surface area contributed by atoms with E-state index in [4.69, 9.17) is 4.74 Å². The van der Waals surface area contributed by atoms with Gasteiger partial charge in [0, 0.05) is 15.7 Å². The molecule has 1 aliphatic rings. The van der Waals surface area contributed by atoms with Crippen LogP contribution in [-0.4, -0.2) is 17.4 Å². The maximum absolute atomic E-state index is 12.3. The molecular formula is C17H15BrN2O3. The molecule has 0 fully saturated rings. The van der Waals surface area contributed by atoms with Crippen LogP contribution in [0.5, 0.6) is 5.75 Å². The molecule has 6 heteroatoms. The van der Waals surface area contributed by atoms with E-state index in [2.05, 4.69) is 26.6 Å². The zero-order valence-corrected chi connectivity index (χ0v) is 14.2. The fourth-order valence-electron chi connectivity index (χ4n) is 2.22. The minimum absolute atomic E-state index is 0.222. The Bertz CT molecular complexity index is 802. The van der Waals surface area contributed by atoms with Crippen molar-refractivity contribution in [2.45, 2.75) is 19.4 Å². The molecule has 118 valence electrons. The topological polar surface area (TPSA) is 67.4 Å². The normalized spacial score (nSPS) is 15.2. The van der Waals surface area contributed by atoms with E-state index in [1.54, 1.807) is 50.2 Å². The summed E-state index contributed by atoms with van der Waals surface area (Å²) in [4.78, 5) is 24.2. The predicted molar refractivity (Wildman–Crippen MR) is 91.9 cm³/mol. The van der Waals surface area contributed by atoms with Crippen LogP contribution in [0.2, 0.25) is 0 Å². The van der Waals surface area contributed by atoms with E-state index in [-0.39, 0.29) is 11.8 Å². The Morgan fingerprint density at radius 1 is 1.22 bits per heavy atom. The van der Waals surface area contributed by atoms with Crippen LogP contribution in [0.3, 0.4) is 0 Å². The van der Waals surface area contributed by atoms with Crippen LogP contribution in [-0.2, 0) is 4.79 Å². The second kappa shape index (κ2) is 5.70. The van der Waals surface area contributed by atoms with Gasteiger partial charge in [-0.25, -0.2) is 0 Å². The van der Waals surface area contributed by atoms with Gasteiger partial charge in [-0.1, -0.05) is 22.0 Å². The Kier molecular flexibility index (Phi) is 3.85. The van der Waals surface area contributed by atoms with E-state index in [1.807, 2.05) is 6.07 Å². The van der Waals surface area contributed by atoms with Crippen molar-refractivity contribution in [3.8, 4) is 5.75 Å². The number of ether oxygens (including phenoxy) is 1. The number of nitrogens with one attached hydrogen (secondary N) is 2. The van der Waals surface area contributed by atoms with Gasteiger partial charge in [0.25, 0.3) is 11.8 Å². The first-order valence-corrected chi connectivity index (χ1v) is 7.86. The van der Waals surface area contributed by atoms with E-state index in [0.717, 1.165) is 4.47 Å². The molecule has 0 aromatic heterocycles. The van der Waals surface area contributed by atoms with Crippen molar-refractivity contribution in [1.82, 2.24) is 0 Å². The average molecular weight is 375 g/mol. The predicted octanol–water partition coefficient (Wildman–Crippen LogP) is 3.81. The number of fused-ring (bicyclic) bond motifs is 1. The number of rotatable bonds is 2. The summed E-state index contributed by atoms with van der Waals surface area (Å²) in [6, 6.07) is 12.3. The lowest BCUT2D eigenvalue weighted by Crippen LogP contribution is -2.45. The van der Waals surface area contributed by atoms with Crippen molar-refractivity contribution < 1.29 is 14.3 Å². The molecule has 0 atom stereocenters. The maximum Gasteiger partial charge on any atom is 0.268 e. The molecule has 0 radical (unpaired) electrons. The van der Waals surface area contributed by atoms with Gasteiger partial charge in [0.1, 0.15) is 5.75 Å². The monoisotopic (exact) mass is 374 g/mol. The second-order valence-corrected chi connectivity index (χ2v) is 6.66. The molecule has 0 aliphatic carbocycles. The number of hydrogen-bond acceptors (Lipinski definition) is 3. The quantitative estimate of drug-likeness (QED) is 0.839. The van der Waals surface area contributed by atoms with Gasteiger partial charge < -0.3 is 15.4 Å². The molecule has 2 amide bonds. The lowest BCUT2D eigenvalue weighted by atomic mass is 10.1. The third-order valence-electron chi connectivity index (χ3n) is 3.48. The Balaban J connectivity index is 1.82. The Hall–Kier alpha value is -2.34. The van der Waals surface area contributed by atoms with Gasteiger partial charge in [-0.05, 0) is 50.2 Å². The summed E-state index contributed by atoms with van der Waals surface area (Å²) in [6.45, 7) is 3.41. The van der Waals surface area contributed by atoms with Crippen LogP contribution in [0.25, 0.3) is 0 Å². The van der Waals surface area contributed by atoms with Crippen LogP contribution in [0.4, 0.5) is 11.4 Å². The van der Waals surface area contributed by atoms with E-state index in [1.165, 1.54) is 0 Å². The Labute approximate surface area is 142 Å². The van der Waals surface area contributed by atoms with Crippen LogP contribution >= 0.6 is 15.9 Å². The highest BCUT2D eigenvalue weighted by molar-refractivity contribution is 9.10. The largest absolute Gasteiger partial charge is 0.476 e. The minimum Gasteiger partial charge on any atom is -0.476 e. The molecule has 1 heterocycles. The summed E-state index contributed by atoms with van der Waals surface area (Å²) in [6.07, 6.45) is 0. The zero-order valence-electron chi connectivity index (χ0n) is 12.6. The number of carbonyl (C=O) groups excluding carboxylic acids is 2. The molecular weight excluding hydrogens is 360 g/mol. The summed E-state index contributed by atoms with van der Waals surface area (Å²) in [5.74, 6) is 0.130. The van der Waals surface area contributed by atoms with Gasteiger partial charge in [0.05, 0.1) is 5.69 Å². The van der Waals surface area contributed by atoms with Crippen molar-refractivity contribution in [3.05, 3.63) is 52.5 Å². The number of halogens is 1. The highest BCUT2D eigenvalue weighted by Gasteiger charge is 2.35. The fourth-order valence-corrected chi connectivity index (χ4v) is 2.62. The van der Waals surface area contributed by atoms with Crippen LogP contribution in [0.15, 0.2) is 46.9 Å². The molecule has 1 aliphatic heterocycles. The van der Waals surface area contributed by atoms with E-state index in [9.17, 15) is 9.59 Å². The van der Waals surface area contributed by atoms with Crippen molar-refractivity contribution in [2.24, 2.45) is 0 Å². The first-order valence-electron chi connectivity index (χ1n) is 7.06. The number of hydrogen-bond donors (Lipinski definition) is 2. The van der Waals surface area contributed by atoms with Crippen LogP contribution in [0.1, 0.15) is 24.2 Å². The number of amides is 2. The third kappa shape index (κ3) is 3.22. The molecule has 2 aromatic carbocycles. The number of anilines is 2. The average Bonchev–Trinajstić information content (AvgIpc) is 2.48. The molecule has 2 aromatic rings. The summed E-state index contributed by atoms with van der Waals surface area (Å²) >= 11 is 3.34. The van der Waals surface area contributed by atoms with Gasteiger partial charge in [-0.3, -0.25) is 9.59 Å². The molecule has 23 heavy (non-hydrogen) atoms. The molecule has 2 N–H and O–H groups in total. The zero-order chi connectivity index (χ0) is 16.6. The van der Waals surface area contributed by atoms with Crippen LogP contribution < -0.4 is 15.4 Å².